The van der Waals surface area contributed by atoms with Gasteiger partial charge in [0, 0.05) is 0 Å². The predicted octanol–water partition coefficient (Wildman–Crippen LogP) is 5.16. The molecule has 0 heterocycles. The smallest absolute Gasteiger partial charge is 0.120 e. The van der Waals surface area contributed by atoms with Gasteiger partial charge in [0.05, 0.1) is 0 Å². The lowest BCUT2D eigenvalue weighted by Gasteiger charge is -2.22. The molecule has 0 radical (unpaired) electrons. The van der Waals surface area contributed by atoms with Crippen LogP contribution < -0.4 is 4.74 Å². The minimum absolute atomic E-state index is 0.116. The summed E-state index contributed by atoms with van der Waals surface area (Å²) in [6, 6.07) is 8.62. The molecule has 1 aromatic rings. The summed E-state index contributed by atoms with van der Waals surface area (Å²) in [6.45, 7) is 10.7. The standard InChI is InChI=1S/C16H26O/c1-6-8-13(7-2)14-9-11-15(12-10-14)17-16(3,4)5/h9-13H,6-8H2,1-5H3. The van der Waals surface area contributed by atoms with Crippen molar-refractivity contribution in [2.75, 3.05) is 0 Å². The van der Waals surface area contributed by atoms with E-state index in [-0.39, 0.29) is 5.60 Å². The monoisotopic (exact) mass is 234 g/mol. The minimum atomic E-state index is -0.116. The van der Waals surface area contributed by atoms with Gasteiger partial charge >= 0.3 is 0 Å². The van der Waals surface area contributed by atoms with Crippen LogP contribution in [0, 0.1) is 0 Å². The molecule has 1 atom stereocenters. The third kappa shape index (κ3) is 4.80. The molecule has 0 aliphatic carbocycles. The second kappa shape index (κ2) is 6.09. The summed E-state index contributed by atoms with van der Waals surface area (Å²) in [5.74, 6) is 1.66. The van der Waals surface area contributed by atoms with Crippen molar-refractivity contribution in [3.8, 4) is 5.75 Å². The van der Waals surface area contributed by atoms with Gasteiger partial charge in [-0.05, 0) is 57.2 Å². The van der Waals surface area contributed by atoms with E-state index in [1.54, 1.807) is 0 Å². The molecule has 0 fully saturated rings. The van der Waals surface area contributed by atoms with Crippen molar-refractivity contribution in [3.05, 3.63) is 29.8 Å². The van der Waals surface area contributed by atoms with Gasteiger partial charge in [-0.3, -0.25) is 0 Å². The molecule has 1 nitrogen and oxygen atoms in total. The molecule has 1 rings (SSSR count). The van der Waals surface area contributed by atoms with E-state index < -0.39 is 0 Å². The zero-order chi connectivity index (χ0) is 12.9. The van der Waals surface area contributed by atoms with Crippen molar-refractivity contribution in [2.45, 2.75) is 65.4 Å². The first-order valence-corrected chi connectivity index (χ1v) is 6.75. The molecule has 0 spiro atoms. The summed E-state index contributed by atoms with van der Waals surface area (Å²) in [4.78, 5) is 0. The van der Waals surface area contributed by atoms with Crippen molar-refractivity contribution in [1.82, 2.24) is 0 Å². The lowest BCUT2D eigenvalue weighted by Crippen LogP contribution is -2.22. The predicted molar refractivity (Wildman–Crippen MR) is 74.8 cm³/mol. The Morgan fingerprint density at radius 3 is 2.06 bits per heavy atom. The van der Waals surface area contributed by atoms with Crippen molar-refractivity contribution >= 4 is 0 Å². The highest BCUT2D eigenvalue weighted by molar-refractivity contribution is 5.29. The minimum Gasteiger partial charge on any atom is -0.488 e. The third-order valence-electron chi connectivity index (χ3n) is 2.91. The Kier molecular flexibility index (Phi) is 5.04. The van der Waals surface area contributed by atoms with Gasteiger partial charge in [-0.1, -0.05) is 32.4 Å². The normalized spacial score (nSPS) is 13.5. The van der Waals surface area contributed by atoms with E-state index in [2.05, 4.69) is 58.9 Å². The quantitative estimate of drug-likeness (QED) is 0.684. The van der Waals surface area contributed by atoms with E-state index in [9.17, 15) is 0 Å². The van der Waals surface area contributed by atoms with Crippen LogP contribution in [-0.4, -0.2) is 5.60 Å². The summed E-state index contributed by atoms with van der Waals surface area (Å²) in [5.41, 5.74) is 1.32. The maximum absolute atomic E-state index is 5.83. The van der Waals surface area contributed by atoms with Gasteiger partial charge in [0.15, 0.2) is 0 Å². The second-order valence-electron chi connectivity index (χ2n) is 5.68. The largest absolute Gasteiger partial charge is 0.488 e. The maximum atomic E-state index is 5.83. The van der Waals surface area contributed by atoms with Gasteiger partial charge in [-0.25, -0.2) is 0 Å². The Morgan fingerprint density at radius 2 is 1.65 bits per heavy atom. The fraction of sp³-hybridized carbons (Fsp3) is 0.625. The molecule has 0 aliphatic heterocycles. The highest BCUT2D eigenvalue weighted by atomic mass is 16.5. The zero-order valence-electron chi connectivity index (χ0n) is 11.9. The topological polar surface area (TPSA) is 9.23 Å². The first-order chi connectivity index (χ1) is 7.96. The number of rotatable bonds is 5. The maximum Gasteiger partial charge on any atom is 0.120 e. The van der Waals surface area contributed by atoms with Crippen LogP contribution in [0.15, 0.2) is 24.3 Å². The van der Waals surface area contributed by atoms with Crippen molar-refractivity contribution < 1.29 is 4.74 Å². The number of hydrogen-bond donors (Lipinski definition) is 0. The highest BCUT2D eigenvalue weighted by Gasteiger charge is 2.12. The van der Waals surface area contributed by atoms with Crippen LogP contribution in [-0.2, 0) is 0 Å². The van der Waals surface area contributed by atoms with E-state index in [1.165, 1.54) is 24.8 Å². The Hall–Kier alpha value is -0.980. The average molecular weight is 234 g/mol. The number of benzene rings is 1. The van der Waals surface area contributed by atoms with Gasteiger partial charge in [0.1, 0.15) is 11.4 Å². The van der Waals surface area contributed by atoms with E-state index >= 15 is 0 Å². The van der Waals surface area contributed by atoms with Crippen molar-refractivity contribution in [3.63, 3.8) is 0 Å². The van der Waals surface area contributed by atoms with Crippen molar-refractivity contribution in [1.29, 1.82) is 0 Å². The van der Waals surface area contributed by atoms with Gasteiger partial charge in [0.25, 0.3) is 0 Å². The molecule has 0 aliphatic rings. The van der Waals surface area contributed by atoms with Crippen LogP contribution in [0.4, 0.5) is 0 Å². The average Bonchev–Trinajstić information content (AvgIpc) is 2.25. The third-order valence-corrected chi connectivity index (χ3v) is 2.91. The molecule has 1 aromatic carbocycles. The lowest BCUT2D eigenvalue weighted by molar-refractivity contribution is 0.131. The van der Waals surface area contributed by atoms with E-state index in [4.69, 9.17) is 4.74 Å². The van der Waals surface area contributed by atoms with Crippen LogP contribution in [0.25, 0.3) is 0 Å². The van der Waals surface area contributed by atoms with Crippen molar-refractivity contribution in [2.24, 2.45) is 0 Å². The first kappa shape index (κ1) is 14.1. The van der Waals surface area contributed by atoms with Gasteiger partial charge in [-0.15, -0.1) is 0 Å². The Balaban J connectivity index is 2.73. The SMILES string of the molecule is CCCC(CC)c1ccc(OC(C)(C)C)cc1. The van der Waals surface area contributed by atoms with Crippen LogP contribution in [0.2, 0.25) is 0 Å². The molecule has 1 heteroatoms. The summed E-state index contributed by atoms with van der Waals surface area (Å²) >= 11 is 0. The van der Waals surface area contributed by atoms with E-state index in [0.29, 0.717) is 5.92 Å². The first-order valence-electron chi connectivity index (χ1n) is 6.75. The Morgan fingerprint density at radius 1 is 1.06 bits per heavy atom. The van der Waals surface area contributed by atoms with Gasteiger partial charge < -0.3 is 4.74 Å². The molecule has 17 heavy (non-hydrogen) atoms. The summed E-state index contributed by atoms with van der Waals surface area (Å²) in [7, 11) is 0. The van der Waals surface area contributed by atoms with Gasteiger partial charge in [0.2, 0.25) is 0 Å². The number of hydrogen-bond acceptors (Lipinski definition) is 1. The van der Waals surface area contributed by atoms with E-state index in [1.807, 2.05) is 0 Å². The molecule has 0 saturated heterocycles. The molecule has 0 N–H and O–H groups in total. The highest BCUT2D eigenvalue weighted by Crippen LogP contribution is 2.27. The molecule has 96 valence electrons. The fourth-order valence-corrected chi connectivity index (χ4v) is 2.12. The molecule has 0 saturated carbocycles. The van der Waals surface area contributed by atoms with Crippen LogP contribution in [0.5, 0.6) is 5.75 Å². The van der Waals surface area contributed by atoms with Gasteiger partial charge in [-0.2, -0.15) is 0 Å². The molecular weight excluding hydrogens is 208 g/mol. The summed E-state index contributed by atoms with van der Waals surface area (Å²) < 4.78 is 5.83. The molecule has 0 bridgehead atoms. The molecule has 1 unspecified atom stereocenters. The molecule has 0 aromatic heterocycles. The van der Waals surface area contributed by atoms with Crippen LogP contribution in [0.3, 0.4) is 0 Å². The zero-order valence-corrected chi connectivity index (χ0v) is 11.9. The molecule has 0 amide bonds. The Labute approximate surface area is 106 Å². The second-order valence-corrected chi connectivity index (χ2v) is 5.68. The van der Waals surface area contributed by atoms with E-state index in [0.717, 1.165) is 5.75 Å². The summed E-state index contributed by atoms with van der Waals surface area (Å²) in [5, 5.41) is 0. The van der Waals surface area contributed by atoms with Crippen LogP contribution >= 0.6 is 0 Å². The van der Waals surface area contributed by atoms with Crippen LogP contribution in [0.1, 0.15) is 65.4 Å². The fourth-order valence-electron chi connectivity index (χ4n) is 2.12. The number of ether oxygens (including phenoxy) is 1. The summed E-state index contributed by atoms with van der Waals surface area (Å²) in [6.07, 6.45) is 3.74. The molecular formula is C16H26O. The Bertz CT molecular complexity index is 318. The lowest BCUT2D eigenvalue weighted by atomic mass is 9.92.